The number of hydrogen-bond donors (Lipinski definition) is 2. The van der Waals surface area contributed by atoms with Crippen molar-refractivity contribution in [3.63, 3.8) is 0 Å². The Hall–Kier alpha value is -5.36. The Balaban J connectivity index is 1.46. The largest absolute Gasteiger partial charge is 0.494 e. The van der Waals surface area contributed by atoms with Gasteiger partial charge in [0, 0.05) is 22.2 Å². The number of benzene rings is 2. The van der Waals surface area contributed by atoms with Crippen molar-refractivity contribution < 1.29 is 9.47 Å². The zero-order valence-electron chi connectivity index (χ0n) is 70.5. The van der Waals surface area contributed by atoms with Gasteiger partial charge in [-0.1, -0.05) is 361 Å². The van der Waals surface area contributed by atoms with Crippen molar-refractivity contribution in [2.45, 2.75) is 429 Å². The number of nitrogens with zero attached hydrogens (tertiary/aromatic N) is 2. The van der Waals surface area contributed by atoms with E-state index in [1.165, 1.54) is 397 Å². The number of H-pyrrole nitrogens is 2. The van der Waals surface area contributed by atoms with Crippen molar-refractivity contribution in [1.29, 1.82) is 0 Å². The predicted molar refractivity (Wildman–Crippen MR) is 468 cm³/mol. The Labute approximate surface area is 651 Å². The van der Waals surface area contributed by atoms with Crippen molar-refractivity contribution in [2.75, 3.05) is 13.2 Å². The van der Waals surface area contributed by atoms with Crippen molar-refractivity contribution in [3.8, 4) is 33.8 Å². The summed E-state index contributed by atoms with van der Waals surface area (Å²) in [6.45, 7) is 25.1. The van der Waals surface area contributed by atoms with Crippen molar-refractivity contribution in [1.82, 2.24) is 19.9 Å². The molecule has 0 unspecified atom stereocenters. The van der Waals surface area contributed by atoms with Gasteiger partial charge >= 0.3 is 0 Å². The number of ether oxygens (including phenoxy) is 2. The van der Waals surface area contributed by atoms with Crippen molar-refractivity contribution in [3.05, 3.63) is 106 Å². The molecule has 590 valence electrons. The smallest absolute Gasteiger partial charge is 0.119 e. The number of unbranched alkanes of at least 4 members (excludes halogenated alkanes) is 46. The summed E-state index contributed by atoms with van der Waals surface area (Å²) in [4.78, 5) is 20.9. The number of allylic oxidation sites excluding steroid dienone is 4. The minimum Gasteiger partial charge on any atom is -0.494 e. The summed E-state index contributed by atoms with van der Waals surface area (Å²) in [6, 6.07) is 23.4. The predicted octanol–water partition coefficient (Wildman–Crippen LogP) is 33.2. The average molecular weight is 1450 g/mol. The van der Waals surface area contributed by atoms with Crippen LogP contribution in [0.1, 0.15) is 447 Å². The van der Waals surface area contributed by atoms with Crippen LogP contribution in [0.4, 0.5) is 0 Å². The highest BCUT2D eigenvalue weighted by atomic mass is 16.5. The molecule has 0 saturated carbocycles. The van der Waals surface area contributed by atoms with E-state index < -0.39 is 0 Å². The third kappa shape index (κ3) is 30.1. The van der Waals surface area contributed by atoms with Crippen LogP contribution >= 0.6 is 0 Å². The number of aromatic amines is 2. The Kier molecular flexibility index (Phi) is 44.3. The average Bonchev–Trinajstić information content (AvgIpc) is 1.59. The van der Waals surface area contributed by atoms with E-state index in [9.17, 15) is 0 Å². The van der Waals surface area contributed by atoms with Gasteiger partial charge in [0.05, 0.1) is 47.0 Å². The van der Waals surface area contributed by atoms with E-state index in [4.69, 9.17) is 19.4 Å². The van der Waals surface area contributed by atoms with Gasteiger partial charge in [0.1, 0.15) is 11.5 Å². The van der Waals surface area contributed by atoms with Gasteiger partial charge < -0.3 is 19.4 Å². The van der Waals surface area contributed by atoms with Gasteiger partial charge in [-0.2, -0.15) is 0 Å². The van der Waals surface area contributed by atoms with Crippen molar-refractivity contribution in [2.24, 2.45) is 0 Å². The Morgan fingerprint density at radius 2 is 0.509 bits per heavy atom. The summed E-state index contributed by atoms with van der Waals surface area (Å²) >= 11 is 0. The molecular formula is C100H158N4O2. The number of fused-ring (bicyclic) bond motifs is 8. The van der Waals surface area contributed by atoms with Gasteiger partial charge in [-0.25, -0.2) is 9.97 Å². The number of hydrogen-bond acceptors (Lipinski definition) is 4. The van der Waals surface area contributed by atoms with E-state index in [-0.39, 0.29) is 0 Å². The SMILES string of the molecule is CCCCCCCCCCCCC1=C(C)c2nc1cc1[nH]c(c(C)c1CCCCCCCCCCCC)c(-c1ccc(OCCCCCCCC)cc1)c1nc(cc3[nH]c(c(C)c3CCCCCCCCCCCC)c2-c2ccc(OCCCCCCCC)cc2)C(CCCCCCCCCCCC)=C1C. The normalized spacial score (nSPS) is 12.5. The lowest BCUT2D eigenvalue weighted by Gasteiger charge is -2.11. The summed E-state index contributed by atoms with van der Waals surface area (Å²) in [6.07, 6.45) is 72.0. The lowest BCUT2D eigenvalue weighted by Crippen LogP contribution is -1.97. The molecule has 2 aliphatic rings. The van der Waals surface area contributed by atoms with Crippen LogP contribution < -0.4 is 9.47 Å². The number of aromatic nitrogens is 4. The van der Waals surface area contributed by atoms with E-state index in [2.05, 4.69) is 140 Å². The fourth-order valence-corrected chi connectivity index (χ4v) is 17.1. The zero-order valence-corrected chi connectivity index (χ0v) is 70.5. The summed E-state index contributed by atoms with van der Waals surface area (Å²) < 4.78 is 13.2. The molecule has 0 fully saturated rings. The Bertz CT molecular complexity index is 3200. The molecule has 2 aromatic carbocycles. The number of aryl methyl sites for hydroxylation is 4. The van der Waals surface area contributed by atoms with Crippen LogP contribution in [-0.2, 0) is 12.8 Å². The Morgan fingerprint density at radius 1 is 0.274 bits per heavy atom. The number of rotatable bonds is 62. The van der Waals surface area contributed by atoms with E-state index in [1.807, 2.05) is 0 Å². The summed E-state index contributed by atoms with van der Waals surface area (Å²) in [5, 5.41) is 0. The van der Waals surface area contributed by atoms with E-state index in [0.29, 0.717) is 0 Å². The van der Waals surface area contributed by atoms with E-state index >= 15 is 0 Å². The van der Waals surface area contributed by atoms with Crippen LogP contribution in [-0.4, -0.2) is 33.1 Å². The van der Waals surface area contributed by atoms with Crippen molar-refractivity contribution >= 4 is 44.4 Å². The molecule has 6 heteroatoms. The lowest BCUT2D eigenvalue weighted by atomic mass is 9.93. The first-order valence-corrected chi connectivity index (χ1v) is 45.8. The molecule has 2 aliphatic heterocycles. The minimum absolute atomic E-state index is 0.753. The third-order valence-corrected chi connectivity index (χ3v) is 24.0. The monoisotopic (exact) mass is 1450 g/mol. The molecular weight excluding hydrogens is 1290 g/mol. The molecule has 0 amide bonds. The van der Waals surface area contributed by atoms with Crippen LogP contribution in [0.15, 0.2) is 60.7 Å². The molecule has 2 N–H and O–H groups in total. The molecule has 7 rings (SSSR count). The molecule has 3 aromatic heterocycles. The molecule has 5 aromatic rings. The first kappa shape index (κ1) is 87.9. The maximum absolute atomic E-state index is 6.58. The van der Waals surface area contributed by atoms with Gasteiger partial charge in [0.15, 0.2) is 0 Å². The highest BCUT2D eigenvalue weighted by Crippen LogP contribution is 2.46. The molecule has 0 radical (unpaired) electrons. The molecule has 0 saturated heterocycles. The molecule has 0 atom stereocenters. The van der Waals surface area contributed by atoms with Crippen LogP contribution in [0, 0.1) is 13.8 Å². The molecule has 0 spiro atoms. The van der Waals surface area contributed by atoms with Crippen LogP contribution in [0.5, 0.6) is 11.5 Å². The second-order valence-electron chi connectivity index (χ2n) is 33.0. The van der Waals surface area contributed by atoms with Gasteiger partial charge in [-0.05, 0) is 184 Å². The second-order valence-corrected chi connectivity index (χ2v) is 33.0. The standard InChI is InChI=1S/C100H158N4O2/c1-11-17-23-29-35-39-43-47-51-57-63-87-79(7)97-95(83-67-71-85(72-68-83)105-75-61-55-33-27-21-15-5)98-81(9)89(65-59-53-49-45-41-37-31-25-19-13-3)93(103-98)78-94-90(66-60-54-50-46-42-38-32-26-20-14-4)82(10)100(104-94)96(84-69-73-86(74-70-84)106-76-62-56-34-28-22-16-6)99-80(8)88(92(102-99)77-91(87)101-97)64-58-52-48-44-40-36-30-24-18-12-2/h67-74,77-78,101,104H,11-66,75-76H2,1-10H3. The van der Waals surface area contributed by atoms with E-state index in [0.717, 1.165) is 98.9 Å². The van der Waals surface area contributed by atoms with Crippen LogP contribution in [0.25, 0.3) is 66.6 Å². The summed E-state index contributed by atoms with van der Waals surface area (Å²) in [5.74, 6) is 1.90. The quantitative estimate of drug-likeness (QED) is 0.0380. The molecule has 106 heavy (non-hydrogen) atoms. The number of nitrogens with one attached hydrogen (secondary N) is 2. The molecule has 8 bridgehead atoms. The molecule has 0 aliphatic carbocycles. The topological polar surface area (TPSA) is 75.8 Å². The summed E-state index contributed by atoms with van der Waals surface area (Å²) in [5.41, 5.74) is 25.1. The third-order valence-electron chi connectivity index (χ3n) is 24.0. The minimum atomic E-state index is 0.753. The first-order chi connectivity index (χ1) is 52.2. The summed E-state index contributed by atoms with van der Waals surface area (Å²) in [7, 11) is 0. The Morgan fingerprint density at radius 3 is 0.774 bits per heavy atom. The maximum atomic E-state index is 6.58. The van der Waals surface area contributed by atoms with Crippen LogP contribution in [0.2, 0.25) is 0 Å². The highest BCUT2D eigenvalue weighted by Gasteiger charge is 2.27. The van der Waals surface area contributed by atoms with E-state index in [1.54, 1.807) is 0 Å². The van der Waals surface area contributed by atoms with Gasteiger partial charge in [-0.3, -0.25) is 0 Å². The molecule has 5 heterocycles. The fourth-order valence-electron chi connectivity index (χ4n) is 17.1. The van der Waals surface area contributed by atoms with Crippen LogP contribution in [0.3, 0.4) is 0 Å². The van der Waals surface area contributed by atoms with Gasteiger partial charge in [0.2, 0.25) is 0 Å². The fraction of sp³-hybridized carbons (Fsp3) is 0.680. The van der Waals surface area contributed by atoms with Gasteiger partial charge in [0.25, 0.3) is 0 Å². The van der Waals surface area contributed by atoms with Gasteiger partial charge in [-0.15, -0.1) is 0 Å². The highest BCUT2D eigenvalue weighted by molar-refractivity contribution is 6.03. The second kappa shape index (κ2) is 53.5. The maximum Gasteiger partial charge on any atom is 0.119 e. The first-order valence-electron chi connectivity index (χ1n) is 45.8. The lowest BCUT2D eigenvalue weighted by molar-refractivity contribution is 0.304. The molecule has 6 nitrogen and oxygen atoms in total. The zero-order chi connectivity index (χ0) is 75.0.